The number of rotatable bonds is 5. The summed E-state index contributed by atoms with van der Waals surface area (Å²) < 4.78 is 5.35. The maximum atomic E-state index is 12.8. The van der Waals surface area contributed by atoms with Gasteiger partial charge in [0, 0.05) is 17.6 Å². The molecule has 5 heteroatoms. The lowest BCUT2D eigenvalue weighted by molar-refractivity contribution is -0.124. The number of ether oxygens (including phenoxy) is 1. The zero-order valence-corrected chi connectivity index (χ0v) is 15.8. The van der Waals surface area contributed by atoms with E-state index in [0.29, 0.717) is 12.1 Å². The van der Waals surface area contributed by atoms with E-state index in [4.69, 9.17) is 4.74 Å². The number of carbonyl (C=O) groups is 2. The molecule has 1 amide bonds. The summed E-state index contributed by atoms with van der Waals surface area (Å²) in [4.78, 5) is 29.6. The standard InChI is InChI=1S/C23H22N2O3/c1-15-9-11-16(12-10-15)13-24-21(26)14-28-23(27)22-17-5-2-3-7-19(17)25-20-8-4-6-18(20)22/h2-3,5,7,9-12H,4,6,8,13-14H2,1H3,(H,24,26). The second-order valence-corrected chi connectivity index (χ2v) is 7.12. The van der Waals surface area contributed by atoms with Crippen molar-refractivity contribution in [1.82, 2.24) is 10.3 Å². The SMILES string of the molecule is Cc1ccc(CNC(=O)COC(=O)c2c3c(nc4ccccc24)CCC3)cc1. The van der Waals surface area contributed by atoms with Crippen LogP contribution in [0.4, 0.5) is 0 Å². The second-order valence-electron chi connectivity index (χ2n) is 7.12. The molecular formula is C23H22N2O3. The van der Waals surface area contributed by atoms with Crippen LogP contribution in [0.2, 0.25) is 0 Å². The number of nitrogens with one attached hydrogen (secondary N) is 1. The van der Waals surface area contributed by atoms with Crippen molar-refractivity contribution < 1.29 is 14.3 Å². The predicted molar refractivity (Wildman–Crippen MR) is 107 cm³/mol. The summed E-state index contributed by atoms with van der Waals surface area (Å²) in [6, 6.07) is 15.5. The Kier molecular flexibility index (Phi) is 5.06. The van der Waals surface area contributed by atoms with Gasteiger partial charge in [0.25, 0.3) is 5.91 Å². The van der Waals surface area contributed by atoms with Crippen LogP contribution < -0.4 is 5.32 Å². The number of aromatic nitrogens is 1. The van der Waals surface area contributed by atoms with E-state index in [1.165, 1.54) is 5.56 Å². The highest BCUT2D eigenvalue weighted by molar-refractivity contribution is 6.05. The average molecular weight is 374 g/mol. The molecule has 1 N–H and O–H groups in total. The molecule has 28 heavy (non-hydrogen) atoms. The molecule has 142 valence electrons. The Labute approximate surface area is 163 Å². The van der Waals surface area contributed by atoms with Gasteiger partial charge in [-0.1, -0.05) is 48.0 Å². The summed E-state index contributed by atoms with van der Waals surface area (Å²) in [5, 5.41) is 3.57. The molecule has 0 saturated heterocycles. The van der Waals surface area contributed by atoms with Gasteiger partial charge in [-0.15, -0.1) is 0 Å². The van der Waals surface area contributed by atoms with Crippen LogP contribution in [0, 0.1) is 6.92 Å². The molecule has 1 aliphatic rings. The number of fused-ring (bicyclic) bond motifs is 2. The Bertz CT molecular complexity index is 1040. The molecule has 2 aromatic carbocycles. The van der Waals surface area contributed by atoms with E-state index in [9.17, 15) is 9.59 Å². The molecule has 0 fully saturated rings. The maximum absolute atomic E-state index is 12.8. The van der Waals surface area contributed by atoms with Crippen molar-refractivity contribution in [3.63, 3.8) is 0 Å². The van der Waals surface area contributed by atoms with Crippen LogP contribution in [0.3, 0.4) is 0 Å². The van der Waals surface area contributed by atoms with E-state index in [1.54, 1.807) is 0 Å². The fraction of sp³-hybridized carbons (Fsp3) is 0.261. The van der Waals surface area contributed by atoms with E-state index in [0.717, 1.165) is 47.0 Å². The van der Waals surface area contributed by atoms with E-state index in [2.05, 4.69) is 10.3 Å². The van der Waals surface area contributed by atoms with Gasteiger partial charge in [-0.25, -0.2) is 4.79 Å². The van der Waals surface area contributed by atoms with Gasteiger partial charge in [0.05, 0.1) is 11.1 Å². The summed E-state index contributed by atoms with van der Waals surface area (Å²) in [5.74, 6) is -0.772. The number of esters is 1. The number of benzene rings is 2. The van der Waals surface area contributed by atoms with Crippen LogP contribution in [-0.4, -0.2) is 23.5 Å². The summed E-state index contributed by atoms with van der Waals surface area (Å²) in [7, 11) is 0. The molecule has 0 saturated carbocycles. The largest absolute Gasteiger partial charge is 0.452 e. The number of pyridine rings is 1. The number of amides is 1. The highest BCUT2D eigenvalue weighted by Crippen LogP contribution is 2.30. The third-order valence-corrected chi connectivity index (χ3v) is 5.07. The first kappa shape index (κ1) is 18.2. The lowest BCUT2D eigenvalue weighted by Crippen LogP contribution is -2.28. The molecular weight excluding hydrogens is 352 g/mol. The third-order valence-electron chi connectivity index (χ3n) is 5.07. The number of hydrogen-bond donors (Lipinski definition) is 1. The quantitative estimate of drug-likeness (QED) is 0.694. The van der Waals surface area contributed by atoms with Crippen molar-refractivity contribution in [1.29, 1.82) is 0 Å². The molecule has 0 radical (unpaired) electrons. The summed E-state index contributed by atoms with van der Waals surface area (Å²) in [6.07, 6.45) is 2.67. The minimum atomic E-state index is -0.456. The van der Waals surface area contributed by atoms with Crippen molar-refractivity contribution in [3.05, 3.63) is 76.5 Å². The molecule has 5 nitrogen and oxygen atoms in total. The van der Waals surface area contributed by atoms with Crippen molar-refractivity contribution in [2.75, 3.05) is 6.61 Å². The number of carbonyl (C=O) groups excluding carboxylic acids is 2. The van der Waals surface area contributed by atoms with Crippen LogP contribution in [0.1, 0.15) is 39.2 Å². The molecule has 1 heterocycles. The molecule has 0 unspecified atom stereocenters. The first-order chi connectivity index (χ1) is 13.6. The van der Waals surface area contributed by atoms with Gasteiger partial charge in [0.1, 0.15) is 0 Å². The molecule has 1 aliphatic carbocycles. The predicted octanol–water partition coefficient (Wildman–Crippen LogP) is 3.51. The first-order valence-electron chi connectivity index (χ1n) is 9.51. The first-order valence-corrected chi connectivity index (χ1v) is 9.51. The van der Waals surface area contributed by atoms with Gasteiger partial charge < -0.3 is 10.1 Å². The van der Waals surface area contributed by atoms with E-state index in [1.807, 2.05) is 55.5 Å². The highest BCUT2D eigenvalue weighted by Gasteiger charge is 2.25. The van der Waals surface area contributed by atoms with Crippen LogP contribution in [0.15, 0.2) is 48.5 Å². The molecule has 4 rings (SSSR count). The van der Waals surface area contributed by atoms with Crippen LogP contribution in [-0.2, 0) is 28.9 Å². The zero-order valence-electron chi connectivity index (χ0n) is 15.8. The normalized spacial score (nSPS) is 12.6. The van der Waals surface area contributed by atoms with E-state index >= 15 is 0 Å². The van der Waals surface area contributed by atoms with Gasteiger partial charge >= 0.3 is 5.97 Å². The topological polar surface area (TPSA) is 68.3 Å². The van der Waals surface area contributed by atoms with Crippen LogP contribution in [0.5, 0.6) is 0 Å². The number of nitrogens with zero attached hydrogens (tertiary/aromatic N) is 1. The molecule has 0 spiro atoms. The van der Waals surface area contributed by atoms with Crippen molar-refractivity contribution in [2.24, 2.45) is 0 Å². The molecule has 0 aliphatic heterocycles. The van der Waals surface area contributed by atoms with Gasteiger partial charge in [0.15, 0.2) is 6.61 Å². The van der Waals surface area contributed by atoms with Gasteiger partial charge in [-0.3, -0.25) is 9.78 Å². The number of aryl methyl sites for hydroxylation is 2. The monoisotopic (exact) mass is 374 g/mol. The third kappa shape index (κ3) is 3.74. The fourth-order valence-electron chi connectivity index (χ4n) is 3.60. The molecule has 3 aromatic rings. The Hall–Kier alpha value is -3.21. The fourth-order valence-corrected chi connectivity index (χ4v) is 3.60. The Morgan fingerprint density at radius 1 is 1.07 bits per heavy atom. The molecule has 0 bridgehead atoms. The maximum Gasteiger partial charge on any atom is 0.339 e. The van der Waals surface area contributed by atoms with Crippen molar-refractivity contribution in [3.8, 4) is 0 Å². The minimum absolute atomic E-state index is 0.296. The summed E-state index contributed by atoms with van der Waals surface area (Å²) in [5.41, 5.74) is 5.45. The minimum Gasteiger partial charge on any atom is -0.452 e. The number of para-hydroxylation sites is 1. The Morgan fingerprint density at radius 2 is 1.86 bits per heavy atom. The molecule has 0 atom stereocenters. The smallest absolute Gasteiger partial charge is 0.339 e. The second kappa shape index (κ2) is 7.80. The zero-order chi connectivity index (χ0) is 19.5. The van der Waals surface area contributed by atoms with Crippen molar-refractivity contribution in [2.45, 2.75) is 32.7 Å². The summed E-state index contributed by atoms with van der Waals surface area (Å²) >= 11 is 0. The van der Waals surface area contributed by atoms with Crippen LogP contribution in [0.25, 0.3) is 10.9 Å². The Morgan fingerprint density at radius 3 is 2.68 bits per heavy atom. The lowest BCUT2D eigenvalue weighted by Gasteiger charge is -2.12. The summed E-state index contributed by atoms with van der Waals surface area (Å²) in [6.45, 7) is 2.13. The lowest BCUT2D eigenvalue weighted by atomic mass is 10.0. The van der Waals surface area contributed by atoms with E-state index < -0.39 is 5.97 Å². The van der Waals surface area contributed by atoms with Gasteiger partial charge in [-0.05, 0) is 43.4 Å². The molecule has 1 aromatic heterocycles. The number of hydrogen-bond acceptors (Lipinski definition) is 4. The van der Waals surface area contributed by atoms with Gasteiger partial charge in [0.2, 0.25) is 0 Å². The van der Waals surface area contributed by atoms with Crippen molar-refractivity contribution >= 4 is 22.8 Å². The van der Waals surface area contributed by atoms with Crippen LogP contribution >= 0.6 is 0 Å². The Balaban J connectivity index is 1.44. The van der Waals surface area contributed by atoms with E-state index in [-0.39, 0.29) is 12.5 Å². The average Bonchev–Trinajstić information content (AvgIpc) is 3.17. The highest BCUT2D eigenvalue weighted by atomic mass is 16.5. The van der Waals surface area contributed by atoms with Gasteiger partial charge in [-0.2, -0.15) is 0 Å².